The van der Waals surface area contributed by atoms with Gasteiger partial charge in [0.15, 0.2) is 22.6 Å². The van der Waals surface area contributed by atoms with Crippen molar-refractivity contribution in [3.8, 4) is 0 Å². The molecular weight excluding hydrogens is 625 g/mol. The number of amides is 1. The fourth-order valence-corrected chi connectivity index (χ4v) is 5.25. The predicted octanol–water partition coefficient (Wildman–Crippen LogP) is 4.95. The fraction of sp³-hybridized carbons (Fsp3) is 0.333. The molecule has 0 radical (unpaired) electrons. The van der Waals surface area contributed by atoms with Crippen LogP contribution in [0.5, 0.6) is 0 Å². The standard InChI is InChI=1S/C30H27F7N6O3/c1-27(29(34,35)14-45-12-23(38)41-27)18-10-16(5-7-20(18)31)43(26(44)25-22(33)4-3-9-40-25)17-6-8-21(32)19(11-17)28(2)30(36,37)15-46-13-24(39)42-28/h3-11H,12-15H2,1-2H3,(H2,38,41)(H2,39,42)/t27-,28-/m1/s1. The molecule has 2 aromatic carbocycles. The Morgan fingerprint density at radius 3 is 1.65 bits per heavy atom. The molecule has 3 aromatic rings. The van der Waals surface area contributed by atoms with Crippen LogP contribution in [0.4, 0.5) is 42.1 Å². The molecule has 0 bridgehead atoms. The number of halogens is 7. The quantitative estimate of drug-likeness (QED) is 0.376. The van der Waals surface area contributed by atoms with Crippen LogP contribution in [0.25, 0.3) is 0 Å². The lowest BCUT2D eigenvalue weighted by molar-refractivity contribution is -0.116. The van der Waals surface area contributed by atoms with Gasteiger partial charge in [-0.2, -0.15) is 0 Å². The summed E-state index contributed by atoms with van der Waals surface area (Å²) in [6.07, 6.45) is 1.09. The molecule has 0 saturated carbocycles. The number of rotatable bonds is 5. The largest absolute Gasteiger partial charge is 0.385 e. The zero-order chi connectivity index (χ0) is 33.7. The summed E-state index contributed by atoms with van der Waals surface area (Å²) in [7, 11) is 0. The van der Waals surface area contributed by atoms with Crippen LogP contribution >= 0.6 is 0 Å². The molecule has 4 N–H and O–H groups in total. The summed E-state index contributed by atoms with van der Waals surface area (Å²) in [5, 5.41) is 0. The lowest BCUT2D eigenvalue weighted by Crippen LogP contribution is -2.45. The molecule has 5 rings (SSSR count). The second kappa shape index (κ2) is 11.7. The van der Waals surface area contributed by atoms with E-state index in [9.17, 15) is 9.18 Å². The minimum Gasteiger partial charge on any atom is -0.385 e. The molecule has 16 heteroatoms. The number of aliphatic imine (C=N–C) groups is 2. The maximum atomic E-state index is 15.4. The minimum absolute atomic E-state index is 0.357. The van der Waals surface area contributed by atoms with Crippen molar-refractivity contribution in [2.24, 2.45) is 21.5 Å². The summed E-state index contributed by atoms with van der Waals surface area (Å²) in [5.41, 5.74) is 3.20. The van der Waals surface area contributed by atoms with E-state index in [2.05, 4.69) is 15.0 Å². The lowest BCUT2D eigenvalue weighted by atomic mass is 9.84. The third-order valence-corrected chi connectivity index (χ3v) is 7.85. The van der Waals surface area contributed by atoms with Crippen LogP contribution in [-0.4, -0.2) is 60.8 Å². The molecule has 0 aliphatic carbocycles. The summed E-state index contributed by atoms with van der Waals surface area (Å²) in [4.78, 5) is 26.1. The van der Waals surface area contributed by atoms with E-state index in [1.54, 1.807) is 0 Å². The fourth-order valence-electron chi connectivity index (χ4n) is 5.25. The van der Waals surface area contributed by atoms with E-state index in [1.165, 1.54) is 6.07 Å². The van der Waals surface area contributed by atoms with Crippen LogP contribution in [0.1, 0.15) is 35.5 Å². The number of alkyl halides is 4. The first-order chi connectivity index (χ1) is 21.5. The number of carbonyl (C=O) groups is 1. The predicted molar refractivity (Wildman–Crippen MR) is 153 cm³/mol. The van der Waals surface area contributed by atoms with E-state index >= 15 is 26.3 Å². The van der Waals surface area contributed by atoms with Gasteiger partial charge in [0.25, 0.3) is 17.8 Å². The molecule has 2 atom stereocenters. The molecular formula is C30H27F7N6O3. The normalized spacial score (nSPS) is 24.3. The van der Waals surface area contributed by atoms with Crippen molar-refractivity contribution >= 4 is 29.0 Å². The Morgan fingerprint density at radius 1 is 0.761 bits per heavy atom. The van der Waals surface area contributed by atoms with E-state index in [1.807, 2.05) is 0 Å². The maximum absolute atomic E-state index is 15.4. The second-order valence-electron chi connectivity index (χ2n) is 11.0. The van der Waals surface area contributed by atoms with Crippen molar-refractivity contribution in [3.63, 3.8) is 0 Å². The van der Waals surface area contributed by atoms with Crippen molar-refractivity contribution in [2.75, 3.05) is 31.3 Å². The summed E-state index contributed by atoms with van der Waals surface area (Å²) < 4.78 is 117. The maximum Gasteiger partial charge on any atom is 0.299 e. The Bertz CT molecular complexity index is 1660. The van der Waals surface area contributed by atoms with Gasteiger partial charge >= 0.3 is 0 Å². The SMILES string of the molecule is C[C@]1(c2cc(N(C(=O)c3ncccc3F)c3ccc(F)c([C@@]4(C)N=C(N)COCC4(F)F)c3)ccc2F)N=C(N)COCC1(F)F. The number of nitrogens with zero attached hydrogens (tertiary/aromatic N) is 4. The number of aromatic nitrogens is 1. The topological polar surface area (TPSA) is 128 Å². The van der Waals surface area contributed by atoms with Crippen LogP contribution in [0.2, 0.25) is 0 Å². The average molecular weight is 653 g/mol. The highest BCUT2D eigenvalue weighted by atomic mass is 19.3. The first-order valence-electron chi connectivity index (χ1n) is 13.7. The lowest BCUT2D eigenvalue weighted by Gasteiger charge is -2.35. The highest BCUT2D eigenvalue weighted by molar-refractivity contribution is 6.10. The average Bonchev–Trinajstić information content (AvgIpc) is 3.15. The number of carbonyl (C=O) groups excluding carboxylic acids is 1. The van der Waals surface area contributed by atoms with Crippen molar-refractivity contribution < 1.29 is 45.0 Å². The monoisotopic (exact) mass is 652 g/mol. The molecule has 0 saturated heterocycles. The van der Waals surface area contributed by atoms with Gasteiger partial charge in [-0.15, -0.1) is 0 Å². The molecule has 46 heavy (non-hydrogen) atoms. The van der Waals surface area contributed by atoms with Crippen LogP contribution in [0.3, 0.4) is 0 Å². The van der Waals surface area contributed by atoms with Gasteiger partial charge in [0.1, 0.15) is 49.7 Å². The van der Waals surface area contributed by atoms with Crippen molar-refractivity contribution in [2.45, 2.75) is 36.8 Å². The van der Waals surface area contributed by atoms with Crippen LogP contribution in [-0.2, 0) is 20.6 Å². The molecule has 244 valence electrons. The molecule has 0 spiro atoms. The third-order valence-electron chi connectivity index (χ3n) is 7.85. The number of amidine groups is 2. The molecule has 0 fully saturated rings. The summed E-state index contributed by atoms with van der Waals surface area (Å²) in [6, 6.07) is 7.31. The van der Waals surface area contributed by atoms with Gasteiger partial charge in [0.2, 0.25) is 0 Å². The zero-order valence-electron chi connectivity index (χ0n) is 24.3. The van der Waals surface area contributed by atoms with Gasteiger partial charge < -0.3 is 20.9 Å². The van der Waals surface area contributed by atoms with Crippen molar-refractivity contribution in [3.05, 3.63) is 89.0 Å². The Morgan fingerprint density at radius 2 is 1.22 bits per heavy atom. The number of hydrogen-bond acceptors (Lipinski definition) is 8. The molecule has 0 unspecified atom stereocenters. The molecule has 9 nitrogen and oxygen atoms in total. The van der Waals surface area contributed by atoms with Gasteiger partial charge in [0.05, 0.1) is 0 Å². The Hall–Kier alpha value is -4.57. The van der Waals surface area contributed by atoms with E-state index in [0.29, 0.717) is 4.90 Å². The van der Waals surface area contributed by atoms with E-state index in [-0.39, 0.29) is 23.0 Å². The van der Waals surface area contributed by atoms with Gasteiger partial charge in [-0.3, -0.25) is 19.7 Å². The number of ether oxygens (including phenoxy) is 2. The first-order valence-corrected chi connectivity index (χ1v) is 13.7. The van der Waals surface area contributed by atoms with Crippen molar-refractivity contribution in [1.82, 2.24) is 4.98 Å². The van der Waals surface area contributed by atoms with Crippen LogP contribution in [0, 0.1) is 17.5 Å². The van der Waals surface area contributed by atoms with Gasteiger partial charge in [-0.25, -0.2) is 35.7 Å². The van der Waals surface area contributed by atoms with E-state index in [0.717, 1.165) is 62.5 Å². The zero-order valence-corrected chi connectivity index (χ0v) is 24.3. The Labute approximate surface area is 257 Å². The third kappa shape index (κ3) is 5.55. The van der Waals surface area contributed by atoms with Gasteiger partial charge in [-0.05, 0) is 62.4 Å². The highest BCUT2D eigenvalue weighted by Crippen LogP contribution is 2.47. The summed E-state index contributed by atoms with van der Waals surface area (Å²) in [5.74, 6) is -13.0. The number of pyridine rings is 1. The molecule has 3 heterocycles. The van der Waals surface area contributed by atoms with Crippen molar-refractivity contribution in [1.29, 1.82) is 0 Å². The highest BCUT2D eigenvalue weighted by Gasteiger charge is 2.56. The van der Waals surface area contributed by atoms with Gasteiger partial charge in [-0.1, -0.05) is 0 Å². The molecule has 1 amide bonds. The Balaban J connectivity index is 1.76. The Kier molecular flexibility index (Phi) is 8.32. The summed E-state index contributed by atoms with van der Waals surface area (Å²) in [6.45, 7) is -1.46. The summed E-state index contributed by atoms with van der Waals surface area (Å²) >= 11 is 0. The molecule has 2 aliphatic rings. The van der Waals surface area contributed by atoms with Crippen LogP contribution in [0.15, 0.2) is 64.7 Å². The minimum atomic E-state index is -3.82. The smallest absolute Gasteiger partial charge is 0.299 e. The number of benzene rings is 2. The van der Waals surface area contributed by atoms with E-state index in [4.69, 9.17) is 20.9 Å². The second-order valence-corrected chi connectivity index (χ2v) is 11.0. The molecule has 1 aromatic heterocycles. The molecule has 2 aliphatic heterocycles. The van der Waals surface area contributed by atoms with E-state index < -0.39 is 89.5 Å². The van der Waals surface area contributed by atoms with Crippen LogP contribution < -0.4 is 16.4 Å². The number of anilines is 2. The first kappa shape index (κ1) is 32.8. The van der Waals surface area contributed by atoms with Gasteiger partial charge in [0, 0.05) is 28.7 Å². The number of nitrogens with two attached hydrogens (primary N) is 2. The number of hydrogen-bond donors (Lipinski definition) is 2.